The number of hydrogen-bond donors (Lipinski definition) is 2. The number of carboxylic acids is 1. The van der Waals surface area contributed by atoms with Gasteiger partial charge < -0.3 is 10.0 Å². The molecule has 33 heavy (non-hydrogen) atoms. The summed E-state index contributed by atoms with van der Waals surface area (Å²) in [6, 6.07) is 14.4. The number of likely N-dealkylation sites (tertiary alicyclic amines) is 1. The second-order valence-corrected chi connectivity index (χ2v) is 10.1. The van der Waals surface area contributed by atoms with Gasteiger partial charge in [0.25, 0.3) is 5.91 Å². The number of carbonyl (C=O) groups is 2. The Morgan fingerprint density at radius 3 is 2.36 bits per heavy atom. The van der Waals surface area contributed by atoms with Crippen LogP contribution in [0.4, 0.5) is 5.69 Å². The topological polar surface area (TPSA) is 128 Å². The average molecular weight is 470 g/mol. The van der Waals surface area contributed by atoms with Crippen LogP contribution in [0.5, 0.6) is 0 Å². The van der Waals surface area contributed by atoms with Crippen LogP contribution in [0, 0.1) is 18.3 Å². The monoisotopic (exact) mass is 469 g/mol. The van der Waals surface area contributed by atoms with E-state index in [2.05, 4.69) is 10.8 Å². The first-order valence-electron chi connectivity index (χ1n) is 10.8. The van der Waals surface area contributed by atoms with Gasteiger partial charge in [-0.15, -0.1) is 0 Å². The van der Waals surface area contributed by atoms with Gasteiger partial charge in [0.05, 0.1) is 17.3 Å². The normalized spacial score (nSPS) is 15.5. The average Bonchev–Trinajstić information content (AvgIpc) is 2.80. The van der Waals surface area contributed by atoms with E-state index >= 15 is 0 Å². The van der Waals surface area contributed by atoms with Crippen LogP contribution in [0.3, 0.4) is 0 Å². The minimum atomic E-state index is -4.15. The Bertz CT molecular complexity index is 1180. The summed E-state index contributed by atoms with van der Waals surface area (Å²) in [4.78, 5) is 26.1. The van der Waals surface area contributed by atoms with Crippen LogP contribution >= 0.6 is 0 Å². The summed E-state index contributed by atoms with van der Waals surface area (Å²) in [7, 11) is -4.15. The van der Waals surface area contributed by atoms with E-state index < -0.39 is 21.2 Å². The molecule has 1 saturated heterocycles. The summed E-state index contributed by atoms with van der Waals surface area (Å²) in [5.74, 6) is -1.30. The number of sulfonamides is 1. The maximum absolute atomic E-state index is 13.1. The molecule has 9 heteroatoms. The zero-order valence-electron chi connectivity index (χ0n) is 18.6. The van der Waals surface area contributed by atoms with E-state index in [1.54, 1.807) is 36.1 Å². The molecule has 0 spiro atoms. The molecule has 2 aromatic rings. The van der Waals surface area contributed by atoms with Gasteiger partial charge in [0, 0.05) is 18.7 Å². The molecule has 0 aromatic heterocycles. The Balaban J connectivity index is 1.71. The number of nitrogens with one attached hydrogen (secondary N) is 1. The smallest absolute Gasteiger partial charge is 0.323 e. The molecule has 1 aliphatic heterocycles. The number of nitrogens with zero attached hydrogens (tertiary/aromatic N) is 2. The molecule has 1 atom stereocenters. The van der Waals surface area contributed by atoms with E-state index in [4.69, 9.17) is 5.26 Å². The molecule has 1 amide bonds. The SMILES string of the molecule is CCC(C(=O)O)S(=O)(=O)Nc1cc(C(=O)N2CCC(c3ccc(C#N)cc3)CC2)ccc1C. The molecule has 0 radical (unpaired) electrons. The number of aryl methyl sites for hydroxylation is 1. The number of amides is 1. The highest BCUT2D eigenvalue weighted by Crippen LogP contribution is 2.29. The lowest BCUT2D eigenvalue weighted by atomic mass is 9.89. The highest BCUT2D eigenvalue weighted by molar-refractivity contribution is 7.94. The third kappa shape index (κ3) is 5.52. The lowest BCUT2D eigenvalue weighted by Crippen LogP contribution is -2.38. The largest absolute Gasteiger partial charge is 0.480 e. The molecule has 0 saturated carbocycles. The van der Waals surface area contributed by atoms with Gasteiger partial charge in [0.1, 0.15) is 0 Å². The lowest BCUT2D eigenvalue weighted by molar-refractivity contribution is -0.136. The first kappa shape index (κ1) is 24.3. The fourth-order valence-electron chi connectivity index (χ4n) is 4.04. The van der Waals surface area contributed by atoms with Gasteiger partial charge in [-0.3, -0.25) is 14.3 Å². The van der Waals surface area contributed by atoms with Crippen molar-refractivity contribution in [2.75, 3.05) is 17.8 Å². The van der Waals surface area contributed by atoms with E-state index in [0.29, 0.717) is 35.7 Å². The number of carbonyl (C=O) groups excluding carboxylic acids is 1. The first-order chi connectivity index (χ1) is 15.7. The first-order valence-corrected chi connectivity index (χ1v) is 12.3. The van der Waals surface area contributed by atoms with E-state index in [0.717, 1.165) is 18.4 Å². The van der Waals surface area contributed by atoms with Crippen molar-refractivity contribution < 1.29 is 23.1 Å². The predicted octanol–water partition coefficient (Wildman–Crippen LogP) is 3.49. The van der Waals surface area contributed by atoms with Crippen molar-refractivity contribution in [2.45, 2.75) is 44.3 Å². The summed E-state index contributed by atoms with van der Waals surface area (Å²) < 4.78 is 27.4. The Hall–Kier alpha value is -3.38. The number of anilines is 1. The third-order valence-electron chi connectivity index (χ3n) is 6.05. The third-order valence-corrected chi connectivity index (χ3v) is 7.84. The van der Waals surface area contributed by atoms with Crippen molar-refractivity contribution in [1.29, 1.82) is 5.26 Å². The highest BCUT2D eigenvalue weighted by Gasteiger charge is 2.31. The molecule has 3 rings (SSSR count). The fraction of sp³-hybridized carbons (Fsp3) is 0.375. The molecule has 2 N–H and O–H groups in total. The van der Waals surface area contributed by atoms with Gasteiger partial charge in [0.15, 0.2) is 5.25 Å². The Labute approximate surface area is 193 Å². The zero-order chi connectivity index (χ0) is 24.2. The van der Waals surface area contributed by atoms with Crippen molar-refractivity contribution in [3.8, 4) is 6.07 Å². The van der Waals surface area contributed by atoms with E-state index in [1.165, 1.54) is 13.0 Å². The van der Waals surface area contributed by atoms with Crippen molar-refractivity contribution in [1.82, 2.24) is 4.90 Å². The van der Waals surface area contributed by atoms with Crippen molar-refractivity contribution in [3.63, 3.8) is 0 Å². The summed E-state index contributed by atoms with van der Waals surface area (Å²) in [5, 5.41) is 16.6. The molecule has 2 aromatic carbocycles. The molecule has 1 fully saturated rings. The maximum atomic E-state index is 13.1. The van der Waals surface area contributed by atoms with Gasteiger partial charge in [-0.2, -0.15) is 5.26 Å². The van der Waals surface area contributed by atoms with Crippen molar-refractivity contribution >= 4 is 27.6 Å². The lowest BCUT2D eigenvalue weighted by Gasteiger charge is -2.32. The number of piperidine rings is 1. The summed E-state index contributed by atoms with van der Waals surface area (Å²) in [6.07, 6.45) is 1.51. The van der Waals surface area contributed by atoms with Crippen LogP contribution in [-0.2, 0) is 14.8 Å². The Morgan fingerprint density at radius 2 is 1.82 bits per heavy atom. The number of hydrogen-bond acceptors (Lipinski definition) is 5. The maximum Gasteiger partial charge on any atom is 0.323 e. The Morgan fingerprint density at radius 1 is 1.18 bits per heavy atom. The second-order valence-electron chi connectivity index (χ2n) is 8.21. The van der Waals surface area contributed by atoms with Crippen molar-refractivity contribution in [2.24, 2.45) is 0 Å². The number of carboxylic acid groups (broad SMARTS) is 1. The Kier molecular flexibility index (Phi) is 7.39. The van der Waals surface area contributed by atoms with Gasteiger partial charge >= 0.3 is 5.97 Å². The van der Waals surface area contributed by atoms with Crippen LogP contribution in [0.15, 0.2) is 42.5 Å². The van der Waals surface area contributed by atoms with Crippen LogP contribution < -0.4 is 4.72 Å². The fourth-order valence-corrected chi connectivity index (χ4v) is 5.42. The van der Waals surface area contributed by atoms with Crippen LogP contribution in [0.2, 0.25) is 0 Å². The van der Waals surface area contributed by atoms with E-state index in [9.17, 15) is 23.1 Å². The molecular weight excluding hydrogens is 442 g/mol. The van der Waals surface area contributed by atoms with E-state index in [-0.39, 0.29) is 18.0 Å². The molecule has 174 valence electrons. The van der Waals surface area contributed by atoms with Crippen molar-refractivity contribution in [3.05, 3.63) is 64.7 Å². The number of rotatable bonds is 7. The van der Waals surface area contributed by atoms with Gasteiger partial charge in [-0.05, 0) is 67.5 Å². The minimum absolute atomic E-state index is 0.0729. The van der Waals surface area contributed by atoms with Crippen LogP contribution in [-0.4, -0.2) is 48.6 Å². The number of nitriles is 1. The van der Waals surface area contributed by atoms with Crippen LogP contribution in [0.25, 0.3) is 0 Å². The highest BCUT2D eigenvalue weighted by atomic mass is 32.2. The minimum Gasteiger partial charge on any atom is -0.480 e. The van der Waals surface area contributed by atoms with E-state index in [1.807, 2.05) is 12.1 Å². The zero-order valence-corrected chi connectivity index (χ0v) is 19.4. The quantitative estimate of drug-likeness (QED) is 0.639. The molecule has 8 nitrogen and oxygen atoms in total. The molecule has 1 heterocycles. The summed E-state index contributed by atoms with van der Waals surface area (Å²) >= 11 is 0. The molecule has 1 aliphatic rings. The standard InChI is InChI=1S/C24H27N3O5S/c1-3-22(24(29)30)33(31,32)26-21-14-20(7-4-16(21)2)23(28)27-12-10-19(11-13-27)18-8-5-17(15-25)6-9-18/h4-9,14,19,22,26H,3,10-13H2,1-2H3,(H,29,30). The molecule has 0 bridgehead atoms. The summed E-state index contributed by atoms with van der Waals surface area (Å²) in [5.41, 5.74) is 2.91. The van der Waals surface area contributed by atoms with Crippen LogP contribution in [0.1, 0.15) is 59.2 Å². The number of benzene rings is 2. The second kappa shape index (κ2) is 10.0. The molecule has 1 unspecified atom stereocenters. The predicted molar refractivity (Wildman–Crippen MR) is 124 cm³/mol. The summed E-state index contributed by atoms with van der Waals surface area (Å²) in [6.45, 7) is 4.31. The van der Waals surface area contributed by atoms with Gasteiger partial charge in [0.2, 0.25) is 10.0 Å². The number of aliphatic carboxylic acids is 1. The van der Waals surface area contributed by atoms with Gasteiger partial charge in [-0.25, -0.2) is 8.42 Å². The van der Waals surface area contributed by atoms with Gasteiger partial charge in [-0.1, -0.05) is 25.1 Å². The molecular formula is C24H27N3O5S. The molecule has 0 aliphatic carbocycles.